The third-order valence-electron chi connectivity index (χ3n) is 5.07. The van der Waals surface area contributed by atoms with E-state index in [4.69, 9.17) is 0 Å². The van der Waals surface area contributed by atoms with E-state index in [0.717, 1.165) is 38.4 Å². The molecule has 0 aliphatic carbocycles. The van der Waals surface area contributed by atoms with Gasteiger partial charge in [-0.2, -0.15) is 0 Å². The van der Waals surface area contributed by atoms with Crippen molar-refractivity contribution in [3.05, 3.63) is 66.0 Å². The maximum atomic E-state index is 12.9. The highest BCUT2D eigenvalue weighted by Crippen LogP contribution is 2.11. The monoisotopic (exact) mass is 366 g/mol. The molecule has 144 valence electrons. The van der Waals surface area contributed by atoms with Gasteiger partial charge in [-0.05, 0) is 31.5 Å². The standard InChI is InChI=1S/C22H30N4O/c1-19(2)26(16-20-8-4-3-5-9-20)22(27)18-25-14-12-24(13-15-25)17-21-10-6-7-11-23-21/h3-11,19H,12-18H2,1-2H3. The number of carbonyl (C=O) groups excluding carboxylic acids is 1. The SMILES string of the molecule is CC(C)N(Cc1ccccc1)C(=O)CN1CCN(Cc2ccccn2)CC1. The molecule has 5 heteroatoms. The molecule has 2 heterocycles. The molecule has 0 spiro atoms. The fourth-order valence-electron chi connectivity index (χ4n) is 3.45. The molecule has 5 nitrogen and oxygen atoms in total. The zero-order valence-corrected chi connectivity index (χ0v) is 16.4. The Labute approximate surface area is 162 Å². The fraction of sp³-hybridized carbons (Fsp3) is 0.455. The lowest BCUT2D eigenvalue weighted by atomic mass is 10.2. The molecule has 1 aromatic heterocycles. The van der Waals surface area contributed by atoms with Crippen LogP contribution in [0.1, 0.15) is 25.1 Å². The van der Waals surface area contributed by atoms with E-state index >= 15 is 0 Å². The van der Waals surface area contributed by atoms with Gasteiger partial charge in [0.05, 0.1) is 12.2 Å². The van der Waals surface area contributed by atoms with Gasteiger partial charge in [0.1, 0.15) is 0 Å². The Hall–Kier alpha value is -2.24. The van der Waals surface area contributed by atoms with Crippen LogP contribution in [-0.4, -0.2) is 64.4 Å². The minimum atomic E-state index is 0.197. The van der Waals surface area contributed by atoms with Crippen LogP contribution in [0.4, 0.5) is 0 Å². The molecule has 1 amide bonds. The van der Waals surface area contributed by atoms with Crippen LogP contribution in [0.3, 0.4) is 0 Å². The van der Waals surface area contributed by atoms with Gasteiger partial charge in [0.25, 0.3) is 0 Å². The lowest BCUT2D eigenvalue weighted by Crippen LogP contribution is -2.50. The number of piperazine rings is 1. The first kappa shape index (κ1) is 19.5. The largest absolute Gasteiger partial charge is 0.335 e. The number of benzene rings is 1. The fourth-order valence-corrected chi connectivity index (χ4v) is 3.45. The molecule has 1 fully saturated rings. The van der Waals surface area contributed by atoms with Crippen LogP contribution in [0.2, 0.25) is 0 Å². The maximum Gasteiger partial charge on any atom is 0.237 e. The molecule has 2 aromatic rings. The quantitative estimate of drug-likeness (QED) is 0.755. The van der Waals surface area contributed by atoms with Gasteiger partial charge < -0.3 is 4.90 Å². The Morgan fingerprint density at radius 3 is 2.30 bits per heavy atom. The number of hydrogen-bond acceptors (Lipinski definition) is 4. The molecule has 1 aromatic carbocycles. The predicted octanol–water partition coefficient (Wildman–Crippen LogP) is 2.64. The van der Waals surface area contributed by atoms with Gasteiger partial charge >= 0.3 is 0 Å². The molecule has 3 rings (SSSR count). The van der Waals surface area contributed by atoms with Gasteiger partial charge in [0.15, 0.2) is 0 Å². The topological polar surface area (TPSA) is 39.7 Å². The smallest absolute Gasteiger partial charge is 0.237 e. The van der Waals surface area contributed by atoms with Crippen LogP contribution in [0, 0.1) is 0 Å². The third-order valence-corrected chi connectivity index (χ3v) is 5.07. The molecule has 27 heavy (non-hydrogen) atoms. The van der Waals surface area contributed by atoms with Crippen LogP contribution in [-0.2, 0) is 17.9 Å². The van der Waals surface area contributed by atoms with Crippen molar-refractivity contribution < 1.29 is 4.79 Å². The number of nitrogens with zero attached hydrogens (tertiary/aromatic N) is 4. The molecule has 0 saturated carbocycles. The van der Waals surface area contributed by atoms with Gasteiger partial charge in [-0.15, -0.1) is 0 Å². The average Bonchev–Trinajstić information content (AvgIpc) is 2.69. The van der Waals surface area contributed by atoms with Gasteiger partial charge in [0, 0.05) is 51.5 Å². The highest BCUT2D eigenvalue weighted by Gasteiger charge is 2.23. The summed E-state index contributed by atoms with van der Waals surface area (Å²) >= 11 is 0. The van der Waals surface area contributed by atoms with Crippen molar-refractivity contribution >= 4 is 5.91 Å². The Kier molecular flexibility index (Phi) is 6.96. The molecule has 1 aliphatic heterocycles. The van der Waals surface area contributed by atoms with Gasteiger partial charge in [-0.25, -0.2) is 0 Å². The van der Waals surface area contributed by atoms with Crippen LogP contribution in [0.15, 0.2) is 54.7 Å². The van der Waals surface area contributed by atoms with Crippen molar-refractivity contribution in [3.8, 4) is 0 Å². The number of pyridine rings is 1. The molecular formula is C22H30N4O. The number of aromatic nitrogens is 1. The lowest BCUT2D eigenvalue weighted by molar-refractivity contribution is -0.135. The van der Waals surface area contributed by atoms with Crippen molar-refractivity contribution in [3.63, 3.8) is 0 Å². The van der Waals surface area contributed by atoms with E-state index in [0.29, 0.717) is 13.1 Å². The van der Waals surface area contributed by atoms with E-state index in [1.165, 1.54) is 5.56 Å². The third kappa shape index (κ3) is 5.88. The molecule has 0 atom stereocenters. The van der Waals surface area contributed by atoms with E-state index in [9.17, 15) is 4.79 Å². The average molecular weight is 367 g/mol. The molecular weight excluding hydrogens is 336 g/mol. The molecule has 1 saturated heterocycles. The van der Waals surface area contributed by atoms with E-state index in [-0.39, 0.29) is 11.9 Å². The van der Waals surface area contributed by atoms with Gasteiger partial charge in [-0.1, -0.05) is 36.4 Å². The number of carbonyl (C=O) groups is 1. The normalized spacial score (nSPS) is 15.8. The second kappa shape index (κ2) is 9.62. The first-order valence-corrected chi connectivity index (χ1v) is 9.80. The van der Waals surface area contributed by atoms with E-state index in [2.05, 4.69) is 46.8 Å². The second-order valence-electron chi connectivity index (χ2n) is 7.47. The summed E-state index contributed by atoms with van der Waals surface area (Å²) in [7, 11) is 0. The second-order valence-corrected chi connectivity index (χ2v) is 7.47. The molecule has 0 radical (unpaired) electrons. The number of hydrogen-bond donors (Lipinski definition) is 0. The minimum absolute atomic E-state index is 0.197. The van der Waals surface area contributed by atoms with Gasteiger partial charge in [0.2, 0.25) is 5.91 Å². The molecule has 1 aliphatic rings. The summed E-state index contributed by atoms with van der Waals surface area (Å²) in [4.78, 5) is 24.0. The van der Waals surface area contributed by atoms with Crippen LogP contribution in [0.5, 0.6) is 0 Å². The highest BCUT2D eigenvalue weighted by atomic mass is 16.2. The van der Waals surface area contributed by atoms with Crippen LogP contribution >= 0.6 is 0 Å². The maximum absolute atomic E-state index is 12.9. The van der Waals surface area contributed by atoms with Gasteiger partial charge in [-0.3, -0.25) is 19.6 Å². The molecule has 0 unspecified atom stereocenters. The summed E-state index contributed by atoms with van der Waals surface area (Å²) in [6.07, 6.45) is 1.84. The van der Waals surface area contributed by atoms with Crippen LogP contribution in [0.25, 0.3) is 0 Å². The first-order valence-electron chi connectivity index (χ1n) is 9.80. The highest BCUT2D eigenvalue weighted by molar-refractivity contribution is 5.78. The van der Waals surface area contributed by atoms with Crippen molar-refractivity contribution in [2.24, 2.45) is 0 Å². The molecule has 0 bridgehead atoms. The summed E-state index contributed by atoms with van der Waals surface area (Å²) in [5.41, 5.74) is 2.29. The van der Waals surface area contributed by atoms with E-state index in [1.54, 1.807) is 0 Å². The van der Waals surface area contributed by atoms with Crippen molar-refractivity contribution in [2.75, 3.05) is 32.7 Å². The Morgan fingerprint density at radius 2 is 1.67 bits per heavy atom. The van der Waals surface area contributed by atoms with E-state index < -0.39 is 0 Å². The number of rotatable bonds is 7. The zero-order chi connectivity index (χ0) is 19.1. The Balaban J connectivity index is 1.48. The van der Waals surface area contributed by atoms with Crippen molar-refractivity contribution in [1.29, 1.82) is 0 Å². The predicted molar refractivity (Wildman–Crippen MR) is 108 cm³/mol. The Bertz CT molecular complexity index is 697. The summed E-state index contributed by atoms with van der Waals surface area (Å²) in [5, 5.41) is 0. The summed E-state index contributed by atoms with van der Waals surface area (Å²) in [6, 6.07) is 16.5. The van der Waals surface area contributed by atoms with E-state index in [1.807, 2.05) is 41.4 Å². The number of amides is 1. The lowest BCUT2D eigenvalue weighted by Gasteiger charge is -2.36. The van der Waals surface area contributed by atoms with Crippen molar-refractivity contribution in [2.45, 2.75) is 33.0 Å². The summed E-state index contributed by atoms with van der Waals surface area (Å²) in [6.45, 7) is 10.0. The zero-order valence-electron chi connectivity index (χ0n) is 16.4. The summed E-state index contributed by atoms with van der Waals surface area (Å²) in [5.74, 6) is 0.215. The summed E-state index contributed by atoms with van der Waals surface area (Å²) < 4.78 is 0. The Morgan fingerprint density at radius 1 is 1.00 bits per heavy atom. The molecule has 0 N–H and O–H groups in total. The van der Waals surface area contributed by atoms with Crippen LogP contribution < -0.4 is 0 Å². The van der Waals surface area contributed by atoms with Crippen molar-refractivity contribution in [1.82, 2.24) is 19.7 Å². The first-order chi connectivity index (χ1) is 13.1. The minimum Gasteiger partial charge on any atom is -0.335 e.